The van der Waals surface area contributed by atoms with Crippen LogP contribution >= 0.6 is 5.24 Å². The molecule has 0 aromatic rings. The Morgan fingerprint density at radius 2 is 2.00 bits per heavy atom. The monoisotopic (exact) mass is 176 g/mol. The van der Waals surface area contributed by atoms with Gasteiger partial charge in [0, 0.05) is 0 Å². The maximum Gasteiger partial charge on any atom is 1.00 e. The molecule has 0 aromatic heterocycles. The molecule has 0 radical (unpaired) electrons. The van der Waals surface area contributed by atoms with Crippen LogP contribution < -0.4 is 29.6 Å². The van der Waals surface area contributed by atoms with Crippen LogP contribution in [0.3, 0.4) is 0 Å². The van der Waals surface area contributed by atoms with Crippen molar-refractivity contribution < 1.29 is 29.6 Å². The zero-order valence-corrected chi connectivity index (χ0v) is 10.2. The van der Waals surface area contributed by atoms with Crippen LogP contribution in [-0.4, -0.2) is 12.8 Å². The molecule has 8 heavy (non-hydrogen) atoms. The molecule has 4 heteroatoms. The minimum Gasteiger partial charge on any atom is -0.747 e. The van der Waals surface area contributed by atoms with Gasteiger partial charge in [-0.15, -0.1) is 11.8 Å². The Hall–Kier alpha value is 2.00. The Labute approximate surface area is 84.3 Å². The van der Waals surface area contributed by atoms with Crippen LogP contribution in [0.25, 0.3) is 0 Å². The van der Waals surface area contributed by atoms with Gasteiger partial charge < -0.3 is 12.2 Å². The van der Waals surface area contributed by atoms with Crippen molar-refractivity contribution in [2.45, 2.75) is 13.3 Å². The molecular formula is C4H10NaPS2. The predicted molar refractivity (Wildman–Crippen MR) is 42.7 cm³/mol. The zero-order valence-electron chi connectivity index (χ0n) is 5.68. The summed E-state index contributed by atoms with van der Waals surface area (Å²) in [6, 6.07) is 0. The molecule has 0 rings (SSSR count). The summed E-state index contributed by atoms with van der Waals surface area (Å²) < 4.78 is 0. The average Bonchev–Trinajstić information content (AvgIpc) is 1.30. The average molecular weight is 176 g/mol. The number of hydrogen-bond donors (Lipinski definition) is 0. The van der Waals surface area contributed by atoms with E-state index < -0.39 is 5.24 Å². The molecule has 0 fully saturated rings. The minimum absolute atomic E-state index is 0. The van der Waals surface area contributed by atoms with Crippen molar-refractivity contribution in [1.29, 1.82) is 0 Å². The molecule has 0 aliphatic heterocycles. The Morgan fingerprint density at radius 1 is 1.62 bits per heavy atom. The Kier molecular flexibility index (Phi) is 9.11. The van der Waals surface area contributed by atoms with E-state index in [-0.39, 0.29) is 29.6 Å². The van der Waals surface area contributed by atoms with E-state index in [4.69, 9.17) is 24.1 Å². The van der Waals surface area contributed by atoms with Crippen molar-refractivity contribution in [3.63, 3.8) is 0 Å². The van der Waals surface area contributed by atoms with Crippen molar-refractivity contribution in [3.8, 4) is 0 Å². The molecule has 1 unspecified atom stereocenters. The van der Waals surface area contributed by atoms with Gasteiger partial charge >= 0.3 is 29.6 Å². The van der Waals surface area contributed by atoms with E-state index in [1.807, 2.05) is 6.66 Å². The minimum atomic E-state index is -1.25. The summed E-state index contributed by atoms with van der Waals surface area (Å²) >= 11 is 10.0. The van der Waals surface area contributed by atoms with Gasteiger partial charge in [0.1, 0.15) is 0 Å². The molecule has 0 aliphatic rings. The normalized spacial score (nSPS) is 16.4. The fourth-order valence-corrected chi connectivity index (χ4v) is 2.31. The quantitative estimate of drug-likeness (QED) is 0.300. The molecular weight excluding hydrogens is 166 g/mol. The van der Waals surface area contributed by atoms with Gasteiger partial charge in [0.2, 0.25) is 0 Å². The van der Waals surface area contributed by atoms with Crippen LogP contribution in [0.5, 0.6) is 0 Å². The van der Waals surface area contributed by atoms with Crippen LogP contribution in [0.4, 0.5) is 0 Å². The van der Waals surface area contributed by atoms with Crippen LogP contribution in [0, 0.1) is 0 Å². The van der Waals surface area contributed by atoms with E-state index in [0.29, 0.717) is 0 Å². The van der Waals surface area contributed by atoms with Crippen molar-refractivity contribution in [2.75, 3.05) is 12.8 Å². The largest absolute Gasteiger partial charge is 1.00 e. The third-order valence-electron chi connectivity index (χ3n) is 0.630. The summed E-state index contributed by atoms with van der Waals surface area (Å²) in [4.78, 5) is 0. The van der Waals surface area contributed by atoms with Crippen LogP contribution in [0.15, 0.2) is 0 Å². The summed E-state index contributed by atoms with van der Waals surface area (Å²) in [6.07, 6.45) is 2.23. The molecule has 0 spiro atoms. The standard InChI is InChI=1S/C4H11PS2.Na/c1-3-4-5(2,6)7;/h3-4H2,1-2H3,(H,6,7);/q;+1/p-1. The fraction of sp³-hybridized carbons (Fsp3) is 1.00. The number of rotatable bonds is 2. The van der Waals surface area contributed by atoms with Gasteiger partial charge in [-0.2, -0.15) is 5.24 Å². The fourth-order valence-electron chi connectivity index (χ4n) is 0.406. The van der Waals surface area contributed by atoms with E-state index in [9.17, 15) is 0 Å². The van der Waals surface area contributed by atoms with Gasteiger partial charge in [0.05, 0.1) is 0 Å². The first-order valence-corrected chi connectivity index (χ1v) is 6.78. The molecule has 0 heterocycles. The van der Waals surface area contributed by atoms with Gasteiger partial charge in [-0.25, -0.2) is 0 Å². The Morgan fingerprint density at radius 3 is 2.00 bits per heavy atom. The second kappa shape index (κ2) is 5.76. The SMILES string of the molecule is CCCP(C)(=S)[S-].[Na+]. The van der Waals surface area contributed by atoms with Crippen LogP contribution in [-0.2, 0) is 24.1 Å². The molecule has 0 nitrogen and oxygen atoms in total. The molecule has 0 N–H and O–H groups in total. The van der Waals surface area contributed by atoms with Crippen molar-refractivity contribution in [3.05, 3.63) is 0 Å². The molecule has 44 valence electrons. The topological polar surface area (TPSA) is 0 Å². The summed E-state index contributed by atoms with van der Waals surface area (Å²) in [7, 11) is 0. The van der Waals surface area contributed by atoms with Gasteiger partial charge in [0.15, 0.2) is 0 Å². The molecule has 1 atom stereocenters. The van der Waals surface area contributed by atoms with Crippen molar-refractivity contribution in [2.24, 2.45) is 0 Å². The van der Waals surface area contributed by atoms with Crippen molar-refractivity contribution >= 4 is 29.3 Å². The van der Waals surface area contributed by atoms with Crippen LogP contribution in [0.2, 0.25) is 0 Å². The van der Waals surface area contributed by atoms with Gasteiger partial charge in [-0.05, 0) is 6.16 Å². The predicted octanol–water partition coefficient (Wildman–Crippen LogP) is -1.03. The van der Waals surface area contributed by atoms with E-state index >= 15 is 0 Å². The maximum atomic E-state index is 5.01. The van der Waals surface area contributed by atoms with E-state index in [1.54, 1.807) is 0 Å². The molecule has 0 saturated carbocycles. The first kappa shape index (κ1) is 12.7. The van der Waals surface area contributed by atoms with Gasteiger partial charge in [0.25, 0.3) is 0 Å². The summed E-state index contributed by atoms with van der Waals surface area (Å²) in [6.45, 7) is 4.14. The molecule has 0 aliphatic carbocycles. The van der Waals surface area contributed by atoms with Gasteiger partial charge in [-0.3, -0.25) is 0 Å². The van der Waals surface area contributed by atoms with E-state index in [0.717, 1.165) is 12.6 Å². The molecule has 0 aromatic carbocycles. The zero-order chi connectivity index (χ0) is 5.91. The Balaban J connectivity index is 0. The van der Waals surface area contributed by atoms with Crippen LogP contribution in [0.1, 0.15) is 13.3 Å². The maximum absolute atomic E-state index is 5.01. The van der Waals surface area contributed by atoms with Crippen molar-refractivity contribution in [1.82, 2.24) is 0 Å². The van der Waals surface area contributed by atoms with Gasteiger partial charge in [-0.1, -0.05) is 20.0 Å². The third-order valence-corrected chi connectivity index (χ3v) is 2.98. The Bertz CT molecular complexity index is 88.0. The van der Waals surface area contributed by atoms with E-state index in [1.165, 1.54) is 0 Å². The first-order valence-electron chi connectivity index (χ1n) is 2.34. The molecule has 0 bridgehead atoms. The summed E-state index contributed by atoms with van der Waals surface area (Å²) in [5.41, 5.74) is 0. The molecule has 0 amide bonds. The third kappa shape index (κ3) is 10.9. The molecule has 0 saturated heterocycles. The second-order valence-corrected chi connectivity index (χ2v) is 9.74. The summed E-state index contributed by atoms with van der Waals surface area (Å²) in [5.74, 6) is 0. The van der Waals surface area contributed by atoms with E-state index in [2.05, 4.69) is 6.92 Å². The first-order chi connectivity index (χ1) is 3.06. The second-order valence-electron chi connectivity index (χ2n) is 1.74. The number of hydrogen-bond acceptors (Lipinski definition) is 2. The summed E-state index contributed by atoms with van der Waals surface area (Å²) in [5, 5.41) is -1.25. The smallest absolute Gasteiger partial charge is 0.747 e.